The minimum Gasteiger partial charge on any atom is -0.357 e. The van der Waals surface area contributed by atoms with Crippen molar-refractivity contribution in [3.8, 4) is 0 Å². The fraction of sp³-hybridized carbons (Fsp3) is 0.667. The highest BCUT2D eigenvalue weighted by atomic mass is 127. The molecule has 0 amide bonds. The Morgan fingerprint density at radius 1 is 1.30 bits per heavy atom. The van der Waals surface area contributed by atoms with Crippen molar-refractivity contribution >= 4 is 41.3 Å². The number of rotatable bonds is 9. The van der Waals surface area contributed by atoms with Gasteiger partial charge in [-0.2, -0.15) is 0 Å². The molecule has 1 unspecified atom stereocenters. The van der Waals surface area contributed by atoms with Crippen molar-refractivity contribution in [3.63, 3.8) is 0 Å². The summed E-state index contributed by atoms with van der Waals surface area (Å²) in [6.07, 6.45) is 5.26. The van der Waals surface area contributed by atoms with E-state index in [0.717, 1.165) is 63.4 Å². The van der Waals surface area contributed by atoms with Gasteiger partial charge in [0, 0.05) is 30.9 Å². The maximum absolute atomic E-state index is 4.94. The first-order chi connectivity index (χ1) is 14.2. The summed E-state index contributed by atoms with van der Waals surface area (Å²) >= 11 is 1.84. The van der Waals surface area contributed by atoms with Crippen LogP contribution in [0.3, 0.4) is 0 Å². The summed E-state index contributed by atoms with van der Waals surface area (Å²) in [4.78, 5) is 8.97. The number of hydrogen-bond acceptors (Lipinski definition) is 5. The van der Waals surface area contributed by atoms with Crippen molar-refractivity contribution in [1.29, 1.82) is 0 Å². The molecule has 2 N–H and O–H groups in total. The lowest BCUT2D eigenvalue weighted by molar-refractivity contribution is 0.143. The van der Waals surface area contributed by atoms with E-state index in [9.17, 15) is 0 Å². The monoisotopic (exact) mass is 545 g/mol. The van der Waals surface area contributed by atoms with Gasteiger partial charge in [-0.25, -0.2) is 0 Å². The molecule has 1 saturated heterocycles. The van der Waals surface area contributed by atoms with Crippen LogP contribution in [-0.4, -0.2) is 58.3 Å². The largest absolute Gasteiger partial charge is 0.357 e. The number of likely N-dealkylation sites (tertiary alicyclic amines) is 1. The van der Waals surface area contributed by atoms with Crippen LogP contribution in [0.4, 0.5) is 0 Å². The first kappa shape index (κ1) is 25.1. The van der Waals surface area contributed by atoms with Crippen LogP contribution in [0.1, 0.15) is 50.4 Å². The van der Waals surface area contributed by atoms with E-state index in [1.54, 1.807) is 6.33 Å². The zero-order valence-corrected chi connectivity index (χ0v) is 21.5. The summed E-state index contributed by atoms with van der Waals surface area (Å²) in [5, 5.41) is 17.2. The van der Waals surface area contributed by atoms with Crippen molar-refractivity contribution in [2.45, 2.75) is 52.6 Å². The molecule has 2 aromatic heterocycles. The second-order valence-corrected chi connectivity index (χ2v) is 8.67. The molecule has 1 atom stereocenters. The van der Waals surface area contributed by atoms with Crippen molar-refractivity contribution in [2.75, 3.05) is 32.7 Å². The number of nitrogens with one attached hydrogen (secondary N) is 2. The Kier molecular flexibility index (Phi) is 11.1. The maximum Gasteiger partial charge on any atom is 0.191 e. The summed E-state index contributed by atoms with van der Waals surface area (Å²) in [5.41, 5.74) is 0. The molecule has 30 heavy (non-hydrogen) atoms. The van der Waals surface area contributed by atoms with Gasteiger partial charge in [-0.3, -0.25) is 9.89 Å². The quantitative estimate of drug-likeness (QED) is 0.287. The average Bonchev–Trinajstić information content (AvgIpc) is 3.41. The number of thiophene rings is 1. The van der Waals surface area contributed by atoms with Crippen LogP contribution in [0.2, 0.25) is 0 Å². The van der Waals surface area contributed by atoms with Gasteiger partial charge in [-0.15, -0.1) is 45.5 Å². The molecule has 7 nitrogen and oxygen atoms in total. The Labute approximate surface area is 201 Å². The summed E-state index contributed by atoms with van der Waals surface area (Å²) in [5.74, 6) is 2.74. The number of aryl methyl sites for hydroxylation is 1. The Morgan fingerprint density at radius 3 is 2.77 bits per heavy atom. The number of nitrogens with zero attached hydrogens (tertiary/aromatic N) is 5. The van der Waals surface area contributed by atoms with E-state index >= 15 is 0 Å². The van der Waals surface area contributed by atoms with Gasteiger partial charge in [0.15, 0.2) is 5.96 Å². The molecular weight excluding hydrogens is 509 g/mol. The lowest BCUT2D eigenvalue weighted by Crippen LogP contribution is -2.41. The highest BCUT2D eigenvalue weighted by molar-refractivity contribution is 14.0. The third kappa shape index (κ3) is 7.19. The molecule has 0 bridgehead atoms. The maximum atomic E-state index is 4.94. The van der Waals surface area contributed by atoms with E-state index in [1.165, 1.54) is 17.7 Å². The van der Waals surface area contributed by atoms with Crippen molar-refractivity contribution in [3.05, 3.63) is 34.5 Å². The third-order valence-electron chi connectivity index (χ3n) is 5.55. The van der Waals surface area contributed by atoms with Gasteiger partial charge in [0.1, 0.15) is 12.2 Å². The SMILES string of the molecule is CCNC(=NCC(c1cccs1)N1CCC(C)CC1)NCCn1cnnc1CC.I. The van der Waals surface area contributed by atoms with Crippen molar-refractivity contribution in [1.82, 2.24) is 30.3 Å². The second kappa shape index (κ2) is 13.3. The zero-order chi connectivity index (χ0) is 20.5. The van der Waals surface area contributed by atoms with Crippen LogP contribution in [0.5, 0.6) is 0 Å². The standard InChI is InChI=1S/C21H35N7S.HI/c1-4-20-26-25-16-28(20)13-10-23-21(22-5-2)24-15-18(19-7-6-14-29-19)27-11-8-17(3)9-12-27;/h6-7,14,16-18H,4-5,8-13,15H2,1-3H3,(H2,22,23,24);1H. The van der Waals surface area contributed by atoms with Crippen LogP contribution in [-0.2, 0) is 13.0 Å². The molecule has 1 aliphatic heterocycles. The Bertz CT molecular complexity index is 738. The highest BCUT2D eigenvalue weighted by Gasteiger charge is 2.25. The lowest BCUT2D eigenvalue weighted by atomic mass is 9.97. The molecular formula is C21H36IN7S. The van der Waals surface area contributed by atoms with E-state index in [2.05, 4.69) is 68.6 Å². The minimum atomic E-state index is 0. The van der Waals surface area contributed by atoms with Crippen LogP contribution in [0, 0.1) is 5.92 Å². The van der Waals surface area contributed by atoms with E-state index in [0.29, 0.717) is 6.04 Å². The molecule has 0 aliphatic carbocycles. The lowest BCUT2D eigenvalue weighted by Gasteiger charge is -2.35. The minimum absolute atomic E-state index is 0. The predicted octanol–water partition coefficient (Wildman–Crippen LogP) is 3.55. The van der Waals surface area contributed by atoms with Crippen LogP contribution in [0.15, 0.2) is 28.8 Å². The first-order valence-electron chi connectivity index (χ1n) is 10.9. The summed E-state index contributed by atoms with van der Waals surface area (Å²) in [6, 6.07) is 4.76. The topological polar surface area (TPSA) is 70.4 Å². The number of aliphatic imine (C=N–C) groups is 1. The van der Waals surface area contributed by atoms with Crippen LogP contribution < -0.4 is 10.6 Å². The fourth-order valence-corrected chi connectivity index (χ4v) is 4.61. The Morgan fingerprint density at radius 2 is 2.10 bits per heavy atom. The van der Waals surface area contributed by atoms with E-state index in [1.807, 2.05) is 11.3 Å². The Balaban J connectivity index is 0.00000320. The van der Waals surface area contributed by atoms with Gasteiger partial charge in [-0.05, 0) is 50.2 Å². The molecule has 9 heteroatoms. The van der Waals surface area contributed by atoms with Gasteiger partial charge in [-0.1, -0.05) is 19.9 Å². The number of guanidine groups is 1. The molecule has 3 heterocycles. The van der Waals surface area contributed by atoms with Gasteiger partial charge in [0.05, 0.1) is 12.6 Å². The number of aromatic nitrogens is 3. The van der Waals surface area contributed by atoms with Gasteiger partial charge in [0.2, 0.25) is 0 Å². The summed E-state index contributed by atoms with van der Waals surface area (Å²) < 4.78 is 2.10. The van der Waals surface area contributed by atoms with Gasteiger partial charge in [0.25, 0.3) is 0 Å². The van der Waals surface area contributed by atoms with Gasteiger partial charge >= 0.3 is 0 Å². The zero-order valence-electron chi connectivity index (χ0n) is 18.4. The highest BCUT2D eigenvalue weighted by Crippen LogP contribution is 2.29. The molecule has 3 rings (SSSR count). The summed E-state index contributed by atoms with van der Waals surface area (Å²) in [7, 11) is 0. The number of halogens is 1. The molecule has 0 saturated carbocycles. The average molecular weight is 546 g/mol. The number of hydrogen-bond donors (Lipinski definition) is 2. The van der Waals surface area contributed by atoms with E-state index in [4.69, 9.17) is 4.99 Å². The summed E-state index contributed by atoms with van der Waals surface area (Å²) in [6.45, 7) is 12.2. The molecule has 1 aliphatic rings. The number of piperidine rings is 1. The van der Waals surface area contributed by atoms with Gasteiger partial charge < -0.3 is 15.2 Å². The third-order valence-corrected chi connectivity index (χ3v) is 6.53. The van der Waals surface area contributed by atoms with Crippen LogP contribution in [0.25, 0.3) is 0 Å². The van der Waals surface area contributed by atoms with Crippen LogP contribution >= 0.6 is 35.3 Å². The first-order valence-corrected chi connectivity index (χ1v) is 11.8. The molecule has 168 valence electrons. The smallest absolute Gasteiger partial charge is 0.191 e. The molecule has 0 radical (unpaired) electrons. The predicted molar refractivity (Wildman–Crippen MR) is 136 cm³/mol. The van der Waals surface area contributed by atoms with E-state index < -0.39 is 0 Å². The van der Waals surface area contributed by atoms with E-state index in [-0.39, 0.29) is 24.0 Å². The molecule has 2 aromatic rings. The second-order valence-electron chi connectivity index (χ2n) is 7.69. The Hall–Kier alpha value is -1.20. The molecule has 0 spiro atoms. The normalized spacial score (nSPS) is 16.8. The van der Waals surface area contributed by atoms with Crippen molar-refractivity contribution in [2.24, 2.45) is 10.9 Å². The fourth-order valence-electron chi connectivity index (χ4n) is 3.76. The van der Waals surface area contributed by atoms with Crippen molar-refractivity contribution < 1.29 is 0 Å². The molecule has 1 fully saturated rings. The molecule has 0 aromatic carbocycles.